The molecule has 2 rings (SSSR count). The second-order valence-corrected chi connectivity index (χ2v) is 8.11. The van der Waals surface area contributed by atoms with Gasteiger partial charge in [0.05, 0.1) is 16.0 Å². The van der Waals surface area contributed by atoms with E-state index in [1.165, 1.54) is 23.1 Å². The predicted octanol–water partition coefficient (Wildman–Crippen LogP) is 3.96. The first kappa shape index (κ1) is 16.0. The molecule has 4 nitrogen and oxygen atoms in total. The molecule has 0 spiro atoms. The van der Waals surface area contributed by atoms with Crippen molar-refractivity contribution in [3.8, 4) is 0 Å². The van der Waals surface area contributed by atoms with E-state index in [0.717, 1.165) is 20.2 Å². The first-order chi connectivity index (χ1) is 9.75. The number of hydrogen-bond acceptors (Lipinski definition) is 5. The molecule has 0 unspecified atom stereocenters. The van der Waals surface area contributed by atoms with E-state index in [1.807, 2.05) is 39.0 Å². The van der Waals surface area contributed by atoms with Crippen LogP contribution in [0.4, 0.5) is 5.69 Å². The molecule has 0 aliphatic rings. The molecule has 0 radical (unpaired) electrons. The largest absolute Gasteiger partial charge is 0.326 e. The summed E-state index contributed by atoms with van der Waals surface area (Å²) in [6, 6.07) is 5.67. The van der Waals surface area contributed by atoms with Crippen LogP contribution in [-0.2, 0) is 9.59 Å². The maximum absolute atomic E-state index is 12.0. The Labute approximate surface area is 132 Å². The smallest absolute Gasteiger partial charge is 0.229 e. The molecule has 0 aliphatic heterocycles. The van der Waals surface area contributed by atoms with Gasteiger partial charge in [0.15, 0.2) is 4.34 Å². The minimum absolute atomic E-state index is 0.0162. The van der Waals surface area contributed by atoms with E-state index in [-0.39, 0.29) is 11.7 Å². The van der Waals surface area contributed by atoms with Crippen LogP contribution in [0.5, 0.6) is 0 Å². The molecule has 0 fully saturated rings. The molecule has 6 heteroatoms. The Morgan fingerprint density at radius 3 is 2.67 bits per heavy atom. The second-order valence-electron chi connectivity index (χ2n) is 5.86. The number of Topliss-reactive ketones (excluding diaryl/α,β-unsaturated/α-hetero) is 1. The van der Waals surface area contributed by atoms with Gasteiger partial charge in [-0.2, -0.15) is 0 Å². The average Bonchev–Trinajstić information content (AvgIpc) is 2.77. The molecule has 2 aromatic rings. The van der Waals surface area contributed by atoms with Gasteiger partial charge in [-0.25, -0.2) is 4.98 Å². The minimum Gasteiger partial charge on any atom is -0.326 e. The number of rotatable bonds is 4. The first-order valence-electron chi connectivity index (χ1n) is 6.60. The molecule has 0 atom stereocenters. The van der Waals surface area contributed by atoms with Gasteiger partial charge in [0, 0.05) is 11.1 Å². The van der Waals surface area contributed by atoms with Crippen LogP contribution in [0.3, 0.4) is 0 Å². The number of carbonyl (C=O) groups is 2. The van der Waals surface area contributed by atoms with E-state index in [1.54, 1.807) is 6.92 Å². The van der Waals surface area contributed by atoms with Gasteiger partial charge in [-0.3, -0.25) is 9.59 Å². The van der Waals surface area contributed by atoms with Gasteiger partial charge < -0.3 is 5.32 Å². The first-order valence-corrected chi connectivity index (χ1v) is 8.40. The summed E-state index contributed by atoms with van der Waals surface area (Å²) in [5, 5.41) is 2.91. The van der Waals surface area contributed by atoms with E-state index in [9.17, 15) is 9.59 Å². The zero-order valence-corrected chi connectivity index (χ0v) is 14.2. The summed E-state index contributed by atoms with van der Waals surface area (Å²) in [6.07, 6.45) is 0. The Balaban J connectivity index is 2.18. The highest BCUT2D eigenvalue weighted by Gasteiger charge is 2.21. The van der Waals surface area contributed by atoms with Gasteiger partial charge in [-0.15, -0.1) is 11.3 Å². The molecule has 112 valence electrons. The zero-order chi connectivity index (χ0) is 15.6. The standard InChI is InChI=1S/C15H18N2O2S2/c1-9(18)8-20-14-17-11-6-5-10(7-12(11)21-14)16-13(19)15(2,3)4/h5-7H,8H2,1-4H3,(H,16,19). The molecule has 1 heterocycles. The average molecular weight is 322 g/mol. The van der Waals surface area contributed by atoms with E-state index >= 15 is 0 Å². The summed E-state index contributed by atoms with van der Waals surface area (Å²) in [4.78, 5) is 27.5. The van der Waals surface area contributed by atoms with Crippen molar-refractivity contribution in [1.82, 2.24) is 4.98 Å². The number of hydrogen-bond donors (Lipinski definition) is 1. The fourth-order valence-corrected chi connectivity index (χ4v) is 3.43. The summed E-state index contributed by atoms with van der Waals surface area (Å²) < 4.78 is 1.88. The highest BCUT2D eigenvalue weighted by atomic mass is 32.2. The molecule has 1 aromatic carbocycles. The maximum atomic E-state index is 12.0. The molecule has 0 bridgehead atoms. The van der Waals surface area contributed by atoms with Crippen LogP contribution in [0, 0.1) is 5.41 Å². The molecule has 1 amide bonds. The number of thioether (sulfide) groups is 1. The number of amides is 1. The Bertz CT molecular complexity index is 687. The summed E-state index contributed by atoms with van der Waals surface area (Å²) in [6.45, 7) is 7.21. The van der Waals surface area contributed by atoms with Gasteiger partial charge in [0.1, 0.15) is 5.78 Å². The summed E-state index contributed by atoms with van der Waals surface area (Å²) in [5.74, 6) is 0.558. The van der Waals surface area contributed by atoms with Crippen LogP contribution < -0.4 is 5.32 Å². The van der Waals surface area contributed by atoms with Gasteiger partial charge in [0.2, 0.25) is 5.91 Å². The van der Waals surface area contributed by atoms with Crippen LogP contribution in [0.25, 0.3) is 10.2 Å². The van der Waals surface area contributed by atoms with E-state index in [2.05, 4.69) is 10.3 Å². The quantitative estimate of drug-likeness (QED) is 0.866. The van der Waals surface area contributed by atoms with Crippen molar-refractivity contribution in [3.63, 3.8) is 0 Å². The number of thiazole rings is 1. The minimum atomic E-state index is -0.425. The van der Waals surface area contributed by atoms with Crippen molar-refractivity contribution in [1.29, 1.82) is 0 Å². The fraction of sp³-hybridized carbons (Fsp3) is 0.400. The SMILES string of the molecule is CC(=O)CSc1nc2ccc(NC(=O)C(C)(C)C)cc2s1. The number of nitrogens with one attached hydrogen (secondary N) is 1. The number of aromatic nitrogens is 1. The number of ketones is 1. The second kappa shape index (κ2) is 6.15. The normalized spacial score (nSPS) is 11.6. The summed E-state index contributed by atoms with van der Waals surface area (Å²) in [7, 11) is 0. The van der Waals surface area contributed by atoms with Crippen LogP contribution in [0.15, 0.2) is 22.5 Å². The third-order valence-corrected chi connectivity index (χ3v) is 5.01. The van der Waals surface area contributed by atoms with Crippen LogP contribution in [0.2, 0.25) is 0 Å². The lowest BCUT2D eigenvalue weighted by Crippen LogP contribution is -2.27. The molecular weight excluding hydrogens is 304 g/mol. The zero-order valence-electron chi connectivity index (χ0n) is 12.5. The topological polar surface area (TPSA) is 59.1 Å². The molecule has 0 saturated heterocycles. The lowest BCUT2D eigenvalue weighted by Gasteiger charge is -2.17. The highest BCUT2D eigenvalue weighted by molar-refractivity contribution is 8.01. The van der Waals surface area contributed by atoms with E-state index < -0.39 is 5.41 Å². The Kier molecular flexibility index (Phi) is 4.68. The number of nitrogens with zero attached hydrogens (tertiary/aromatic N) is 1. The molecule has 0 saturated carbocycles. The Morgan fingerprint density at radius 1 is 1.33 bits per heavy atom. The number of fused-ring (bicyclic) bond motifs is 1. The Hall–Kier alpha value is -1.40. The van der Waals surface area contributed by atoms with Gasteiger partial charge in [0.25, 0.3) is 0 Å². The van der Waals surface area contributed by atoms with E-state index in [4.69, 9.17) is 0 Å². The molecule has 21 heavy (non-hydrogen) atoms. The van der Waals surface area contributed by atoms with Crippen LogP contribution in [0.1, 0.15) is 27.7 Å². The van der Waals surface area contributed by atoms with Crippen molar-refractivity contribution >= 4 is 50.7 Å². The summed E-state index contributed by atoms with van der Waals surface area (Å²) >= 11 is 2.99. The van der Waals surface area contributed by atoms with Crippen molar-refractivity contribution in [3.05, 3.63) is 18.2 Å². The van der Waals surface area contributed by atoms with Gasteiger partial charge >= 0.3 is 0 Å². The predicted molar refractivity (Wildman–Crippen MR) is 89.1 cm³/mol. The molecule has 1 aromatic heterocycles. The molecule has 1 N–H and O–H groups in total. The fourth-order valence-electron chi connectivity index (χ4n) is 1.52. The van der Waals surface area contributed by atoms with Crippen LogP contribution >= 0.6 is 23.1 Å². The number of anilines is 1. The molecular formula is C15H18N2O2S2. The van der Waals surface area contributed by atoms with Crippen molar-refractivity contribution in [2.45, 2.75) is 32.0 Å². The third kappa shape index (κ3) is 4.28. The van der Waals surface area contributed by atoms with Crippen molar-refractivity contribution in [2.75, 3.05) is 11.1 Å². The van der Waals surface area contributed by atoms with Crippen LogP contribution in [-0.4, -0.2) is 22.4 Å². The number of benzene rings is 1. The highest BCUT2D eigenvalue weighted by Crippen LogP contribution is 2.31. The maximum Gasteiger partial charge on any atom is 0.229 e. The molecule has 0 aliphatic carbocycles. The Morgan fingerprint density at radius 2 is 2.05 bits per heavy atom. The van der Waals surface area contributed by atoms with Gasteiger partial charge in [-0.05, 0) is 25.1 Å². The van der Waals surface area contributed by atoms with Crippen molar-refractivity contribution < 1.29 is 9.59 Å². The van der Waals surface area contributed by atoms with E-state index in [0.29, 0.717) is 5.75 Å². The van der Waals surface area contributed by atoms with Gasteiger partial charge in [-0.1, -0.05) is 32.5 Å². The third-order valence-electron chi connectivity index (χ3n) is 2.71. The lowest BCUT2D eigenvalue weighted by atomic mass is 9.95. The summed E-state index contributed by atoms with van der Waals surface area (Å²) in [5.41, 5.74) is 1.24. The number of carbonyl (C=O) groups excluding carboxylic acids is 2. The van der Waals surface area contributed by atoms with Crippen molar-refractivity contribution in [2.24, 2.45) is 5.41 Å². The monoisotopic (exact) mass is 322 g/mol. The lowest BCUT2D eigenvalue weighted by molar-refractivity contribution is -0.123.